The summed E-state index contributed by atoms with van der Waals surface area (Å²) < 4.78 is 5.21. The first-order chi connectivity index (χ1) is 15.6. The summed E-state index contributed by atoms with van der Waals surface area (Å²) in [6, 6.07) is 0. The van der Waals surface area contributed by atoms with Gasteiger partial charge in [-0.1, -0.05) is 39.2 Å². The summed E-state index contributed by atoms with van der Waals surface area (Å²) in [5, 5.41) is 11.6. The van der Waals surface area contributed by atoms with Gasteiger partial charge in [-0.2, -0.15) is 0 Å². The fraction of sp³-hybridized carbons (Fsp3) is 0.778. The van der Waals surface area contributed by atoms with Gasteiger partial charge in [0, 0.05) is 30.6 Å². The molecule has 4 aliphatic rings. The van der Waals surface area contributed by atoms with E-state index in [9.17, 15) is 24.3 Å². The van der Waals surface area contributed by atoms with Crippen LogP contribution in [0.3, 0.4) is 0 Å². The highest BCUT2D eigenvalue weighted by Gasteiger charge is 2.68. The molecule has 6 heteroatoms. The lowest BCUT2D eigenvalue weighted by Gasteiger charge is -2.57. The van der Waals surface area contributed by atoms with Gasteiger partial charge in [0.25, 0.3) is 0 Å². The van der Waals surface area contributed by atoms with Crippen LogP contribution >= 0.6 is 0 Å². The summed E-state index contributed by atoms with van der Waals surface area (Å²) in [6.45, 7) is 5.64. The number of carbonyl (C=O) groups is 4. The third kappa shape index (κ3) is 3.82. The normalized spacial score (nSPS) is 39.9. The van der Waals surface area contributed by atoms with Crippen molar-refractivity contribution in [1.29, 1.82) is 0 Å². The van der Waals surface area contributed by atoms with Crippen molar-refractivity contribution >= 4 is 23.3 Å². The lowest BCUT2D eigenvalue weighted by atomic mass is 9.46. The van der Waals surface area contributed by atoms with Gasteiger partial charge in [-0.15, -0.1) is 0 Å². The largest absolute Gasteiger partial charge is 0.458 e. The van der Waals surface area contributed by atoms with Crippen LogP contribution < -0.4 is 0 Å². The molecular formula is C27H38O6. The van der Waals surface area contributed by atoms with Crippen LogP contribution in [0.15, 0.2) is 11.6 Å². The maximum atomic E-state index is 13.6. The predicted octanol–water partition coefficient (Wildman–Crippen LogP) is 4.12. The summed E-state index contributed by atoms with van der Waals surface area (Å²) >= 11 is 0. The highest BCUT2D eigenvalue weighted by molar-refractivity contribution is 5.95. The minimum atomic E-state index is -1.65. The molecule has 0 unspecified atom stereocenters. The molecule has 0 aliphatic heterocycles. The molecule has 0 aromatic heterocycles. The van der Waals surface area contributed by atoms with E-state index in [1.807, 2.05) is 6.92 Å². The van der Waals surface area contributed by atoms with E-state index < -0.39 is 29.4 Å². The average Bonchev–Trinajstić information content (AvgIpc) is 3.03. The molecule has 3 fully saturated rings. The van der Waals surface area contributed by atoms with Gasteiger partial charge < -0.3 is 9.84 Å². The molecule has 0 aromatic rings. The van der Waals surface area contributed by atoms with Gasteiger partial charge in [0.1, 0.15) is 11.4 Å². The van der Waals surface area contributed by atoms with Crippen molar-refractivity contribution in [3.8, 4) is 0 Å². The van der Waals surface area contributed by atoms with E-state index in [0.717, 1.165) is 37.7 Å². The molecule has 6 nitrogen and oxygen atoms in total. The highest BCUT2D eigenvalue weighted by Crippen LogP contribution is 2.66. The van der Waals surface area contributed by atoms with Gasteiger partial charge in [-0.05, 0) is 61.9 Å². The molecule has 4 rings (SSSR count). The zero-order chi connectivity index (χ0) is 24.0. The molecule has 0 aromatic carbocycles. The van der Waals surface area contributed by atoms with Crippen molar-refractivity contribution in [2.24, 2.45) is 28.6 Å². The fourth-order valence-electron chi connectivity index (χ4n) is 7.70. The Labute approximate surface area is 196 Å². The number of fused-ring (bicyclic) bond motifs is 5. The Kier molecular flexibility index (Phi) is 6.45. The van der Waals surface area contributed by atoms with Crippen molar-refractivity contribution in [2.75, 3.05) is 6.61 Å². The van der Waals surface area contributed by atoms with Gasteiger partial charge in [-0.3, -0.25) is 19.2 Å². The zero-order valence-electron chi connectivity index (χ0n) is 20.3. The summed E-state index contributed by atoms with van der Waals surface area (Å²) in [7, 11) is 0. The Balaban J connectivity index is 1.52. The van der Waals surface area contributed by atoms with Crippen LogP contribution in [0.4, 0.5) is 0 Å². The second-order valence-corrected chi connectivity index (χ2v) is 11.3. The summed E-state index contributed by atoms with van der Waals surface area (Å²) in [6.07, 6.45) is 8.62. The maximum absolute atomic E-state index is 13.6. The van der Waals surface area contributed by atoms with E-state index in [2.05, 4.69) is 13.8 Å². The summed E-state index contributed by atoms with van der Waals surface area (Å²) in [5.41, 5.74) is -1.69. The van der Waals surface area contributed by atoms with E-state index in [-0.39, 0.29) is 47.6 Å². The quantitative estimate of drug-likeness (QED) is 0.455. The molecule has 33 heavy (non-hydrogen) atoms. The van der Waals surface area contributed by atoms with Crippen LogP contribution in [0.5, 0.6) is 0 Å². The van der Waals surface area contributed by atoms with Crippen molar-refractivity contribution in [1.82, 2.24) is 0 Å². The number of hydrogen-bond donors (Lipinski definition) is 1. The highest BCUT2D eigenvalue weighted by atomic mass is 16.5. The van der Waals surface area contributed by atoms with Crippen molar-refractivity contribution in [3.05, 3.63) is 11.6 Å². The van der Waals surface area contributed by atoms with Crippen molar-refractivity contribution in [2.45, 2.75) is 97.0 Å². The fourth-order valence-corrected chi connectivity index (χ4v) is 7.70. The first-order valence-corrected chi connectivity index (χ1v) is 12.7. The Hall–Kier alpha value is -1.82. The molecular weight excluding hydrogens is 420 g/mol. The third-order valence-corrected chi connectivity index (χ3v) is 9.62. The second-order valence-electron chi connectivity index (χ2n) is 11.3. The van der Waals surface area contributed by atoms with Gasteiger partial charge in [0.15, 0.2) is 12.4 Å². The standard InChI is InChI=1S/C27H38O6/c1-4-5-6-7-23(31)33-16-22(30)27(32)13-11-20-19-9-8-17-14-18(28)10-12-25(17,2)24(19)21(29)15-26(20,27)3/h14,19-20,24,32H,4-13,15-16H2,1-3H3/t19-,20-,24+,25-,26-,27+/m0/s1. The van der Waals surface area contributed by atoms with Crippen LogP contribution in [-0.4, -0.2) is 40.6 Å². The number of allylic oxidation sites excluding steroid dienone is 1. The number of unbranched alkanes of at least 4 members (excludes halogenated alkanes) is 2. The first kappa shape index (κ1) is 24.3. The number of carbonyl (C=O) groups excluding carboxylic acids is 4. The minimum absolute atomic E-state index is 0.0606. The van der Waals surface area contributed by atoms with E-state index in [4.69, 9.17) is 4.74 Å². The van der Waals surface area contributed by atoms with Gasteiger partial charge in [0.05, 0.1) is 0 Å². The molecule has 4 aliphatic carbocycles. The van der Waals surface area contributed by atoms with E-state index >= 15 is 0 Å². The van der Waals surface area contributed by atoms with E-state index in [1.54, 1.807) is 6.08 Å². The van der Waals surface area contributed by atoms with Crippen molar-refractivity contribution < 1.29 is 29.0 Å². The minimum Gasteiger partial charge on any atom is -0.458 e. The summed E-state index contributed by atoms with van der Waals surface area (Å²) in [4.78, 5) is 50.8. The first-order valence-electron chi connectivity index (χ1n) is 12.7. The Bertz CT molecular complexity index is 889. The SMILES string of the molecule is CCCCCC(=O)OCC(=O)[C@]1(O)CC[C@H]2[C@@H]3CCC4=CC(=O)CC[C@]4(C)[C@H]3C(=O)C[C@@]21C. The molecule has 3 saturated carbocycles. The monoisotopic (exact) mass is 458 g/mol. The molecule has 182 valence electrons. The second kappa shape index (κ2) is 8.75. The Morgan fingerprint density at radius 1 is 1.12 bits per heavy atom. The zero-order valence-corrected chi connectivity index (χ0v) is 20.3. The molecule has 0 radical (unpaired) electrons. The lowest BCUT2D eigenvalue weighted by molar-refractivity contribution is -0.173. The van der Waals surface area contributed by atoms with E-state index in [1.165, 1.54) is 0 Å². The Morgan fingerprint density at radius 2 is 1.88 bits per heavy atom. The van der Waals surface area contributed by atoms with Crippen LogP contribution in [-0.2, 0) is 23.9 Å². The molecule has 0 spiro atoms. The molecule has 0 amide bonds. The molecule has 6 atom stereocenters. The average molecular weight is 459 g/mol. The lowest BCUT2D eigenvalue weighted by Crippen LogP contribution is -2.61. The number of Topliss-reactive ketones (excluding diaryl/α,β-unsaturated/α-hetero) is 2. The molecule has 1 N–H and O–H groups in total. The van der Waals surface area contributed by atoms with Crippen LogP contribution in [0, 0.1) is 28.6 Å². The Morgan fingerprint density at radius 3 is 2.61 bits per heavy atom. The van der Waals surface area contributed by atoms with Crippen LogP contribution in [0.25, 0.3) is 0 Å². The number of aliphatic hydroxyl groups is 1. The molecule has 0 heterocycles. The van der Waals surface area contributed by atoms with E-state index in [0.29, 0.717) is 25.7 Å². The van der Waals surface area contributed by atoms with Gasteiger partial charge in [0.2, 0.25) is 5.78 Å². The van der Waals surface area contributed by atoms with Crippen LogP contribution in [0.1, 0.15) is 91.4 Å². The van der Waals surface area contributed by atoms with Gasteiger partial charge in [-0.25, -0.2) is 0 Å². The van der Waals surface area contributed by atoms with Crippen LogP contribution in [0.2, 0.25) is 0 Å². The number of ketones is 3. The van der Waals surface area contributed by atoms with Crippen molar-refractivity contribution in [3.63, 3.8) is 0 Å². The number of ether oxygens (including phenoxy) is 1. The molecule has 0 saturated heterocycles. The topological polar surface area (TPSA) is 97.7 Å². The number of hydrogen-bond acceptors (Lipinski definition) is 6. The predicted molar refractivity (Wildman–Crippen MR) is 122 cm³/mol. The number of rotatable bonds is 7. The summed E-state index contributed by atoms with van der Waals surface area (Å²) in [5.74, 6) is -0.627. The third-order valence-electron chi connectivity index (χ3n) is 9.62. The molecule has 0 bridgehead atoms. The number of esters is 1. The maximum Gasteiger partial charge on any atom is 0.306 e. The smallest absolute Gasteiger partial charge is 0.306 e. The van der Waals surface area contributed by atoms with Gasteiger partial charge >= 0.3 is 5.97 Å².